The van der Waals surface area contributed by atoms with Crippen LogP contribution < -0.4 is 5.32 Å². The van der Waals surface area contributed by atoms with E-state index in [9.17, 15) is 4.79 Å². The first-order valence-corrected chi connectivity index (χ1v) is 11.2. The van der Waals surface area contributed by atoms with Crippen molar-refractivity contribution in [1.29, 1.82) is 0 Å². The molecule has 1 aliphatic rings. The van der Waals surface area contributed by atoms with E-state index < -0.39 is 0 Å². The number of thiocarbonyl (C=S) groups is 1. The molecule has 8 heteroatoms. The van der Waals surface area contributed by atoms with Gasteiger partial charge in [0.1, 0.15) is 17.6 Å². The number of methoxy groups -OCH3 is 1. The van der Waals surface area contributed by atoms with Crippen LogP contribution in [0, 0.1) is 0 Å². The number of ether oxygens (including phenoxy) is 1. The number of furan rings is 1. The van der Waals surface area contributed by atoms with Crippen LogP contribution in [0.5, 0.6) is 0 Å². The van der Waals surface area contributed by atoms with Crippen LogP contribution in [0.2, 0.25) is 0 Å². The maximum Gasteiger partial charge on any atom is 0.305 e. The lowest BCUT2D eigenvalue weighted by atomic mass is 10.0. The predicted molar refractivity (Wildman–Crippen MR) is 125 cm³/mol. The Morgan fingerprint density at radius 2 is 2.03 bits per heavy atom. The highest BCUT2D eigenvalue weighted by molar-refractivity contribution is 9.10. The Hall–Kier alpha value is -2.71. The fraction of sp³-hybridized carbons (Fsp3) is 0.261. The highest BCUT2D eigenvalue weighted by atomic mass is 79.9. The van der Waals surface area contributed by atoms with Gasteiger partial charge in [0.15, 0.2) is 5.11 Å². The summed E-state index contributed by atoms with van der Waals surface area (Å²) in [6, 6.07) is 17.4. The molecule has 3 aromatic rings. The minimum absolute atomic E-state index is 0.157. The van der Waals surface area contributed by atoms with Crippen molar-refractivity contribution >= 4 is 39.2 Å². The second-order valence-corrected chi connectivity index (χ2v) is 8.51. The number of aromatic nitrogens is 1. The quantitative estimate of drug-likeness (QED) is 0.361. The molecule has 2 aromatic heterocycles. The highest BCUT2D eigenvalue weighted by Crippen LogP contribution is 2.40. The van der Waals surface area contributed by atoms with Crippen LogP contribution in [-0.4, -0.2) is 34.6 Å². The molecule has 0 aliphatic carbocycles. The van der Waals surface area contributed by atoms with E-state index in [0.29, 0.717) is 24.5 Å². The molecule has 31 heavy (non-hydrogen) atoms. The van der Waals surface area contributed by atoms with E-state index in [0.717, 1.165) is 27.3 Å². The van der Waals surface area contributed by atoms with Crippen molar-refractivity contribution in [3.63, 3.8) is 0 Å². The molecule has 3 heterocycles. The number of esters is 1. The van der Waals surface area contributed by atoms with Gasteiger partial charge in [-0.3, -0.25) is 9.78 Å². The van der Waals surface area contributed by atoms with Crippen LogP contribution in [0.1, 0.15) is 36.4 Å². The monoisotopic (exact) mass is 499 g/mol. The summed E-state index contributed by atoms with van der Waals surface area (Å²) in [5.41, 5.74) is 1.88. The molecule has 1 aromatic carbocycles. The van der Waals surface area contributed by atoms with E-state index in [1.165, 1.54) is 7.11 Å². The minimum atomic E-state index is -0.230. The number of carbonyl (C=O) groups is 1. The Morgan fingerprint density at radius 3 is 2.74 bits per heavy atom. The Bertz CT molecular complexity index is 1060. The Balaban J connectivity index is 1.64. The fourth-order valence-electron chi connectivity index (χ4n) is 3.73. The lowest BCUT2D eigenvalue weighted by Gasteiger charge is -2.25. The van der Waals surface area contributed by atoms with Gasteiger partial charge in [0.25, 0.3) is 0 Å². The van der Waals surface area contributed by atoms with Gasteiger partial charge >= 0.3 is 5.97 Å². The molecule has 0 spiro atoms. The number of pyridine rings is 1. The molecule has 0 saturated carbocycles. The maximum atomic E-state index is 11.6. The Morgan fingerprint density at radius 1 is 1.23 bits per heavy atom. The number of nitrogens with zero attached hydrogens (tertiary/aromatic N) is 2. The molecule has 4 rings (SSSR count). The zero-order chi connectivity index (χ0) is 21.8. The van der Waals surface area contributed by atoms with Gasteiger partial charge in [-0.2, -0.15) is 0 Å². The van der Waals surface area contributed by atoms with Crippen LogP contribution in [0.3, 0.4) is 0 Å². The standard InChI is InChI=1S/C23H22BrN3O3S/c1-29-20(28)6-4-14-27-22(21(26-23(27)31)17-5-2-3-13-25-17)19-12-11-18(30-19)15-7-9-16(24)10-8-15/h2-3,5,7-13,21-22H,4,6,14H2,1H3,(H,26,31)/t21-,22-/m0/s1. The molecular formula is C23H22BrN3O3S. The molecule has 2 atom stereocenters. The van der Waals surface area contributed by atoms with Crippen molar-refractivity contribution in [2.45, 2.75) is 24.9 Å². The van der Waals surface area contributed by atoms with Gasteiger partial charge in [-0.25, -0.2) is 0 Å². The number of rotatable bonds is 7. The van der Waals surface area contributed by atoms with E-state index in [-0.39, 0.29) is 18.1 Å². The number of hydrogen-bond donors (Lipinski definition) is 1. The third kappa shape index (κ3) is 4.80. The summed E-state index contributed by atoms with van der Waals surface area (Å²) in [4.78, 5) is 18.2. The van der Waals surface area contributed by atoms with Crippen molar-refractivity contribution in [1.82, 2.24) is 15.2 Å². The molecule has 1 fully saturated rings. The molecule has 0 amide bonds. The summed E-state index contributed by atoms with van der Waals surface area (Å²) in [6.07, 6.45) is 2.73. The molecule has 0 radical (unpaired) electrons. The molecule has 0 bridgehead atoms. The topological polar surface area (TPSA) is 67.6 Å². The largest absolute Gasteiger partial charge is 0.469 e. The van der Waals surface area contributed by atoms with Gasteiger partial charge < -0.3 is 19.4 Å². The average Bonchev–Trinajstić information content (AvgIpc) is 3.39. The second kappa shape index (κ2) is 9.62. The van der Waals surface area contributed by atoms with Crippen LogP contribution >= 0.6 is 28.1 Å². The van der Waals surface area contributed by atoms with Gasteiger partial charge in [-0.05, 0) is 55.0 Å². The summed E-state index contributed by atoms with van der Waals surface area (Å²) >= 11 is 9.11. The number of nitrogens with one attached hydrogen (secondary N) is 1. The lowest BCUT2D eigenvalue weighted by Crippen LogP contribution is -2.30. The first kappa shape index (κ1) is 21.5. The third-order valence-corrected chi connectivity index (χ3v) is 6.13. The Labute approximate surface area is 194 Å². The van der Waals surface area contributed by atoms with Crippen LogP contribution in [-0.2, 0) is 9.53 Å². The molecule has 160 valence electrons. The number of hydrogen-bond acceptors (Lipinski definition) is 5. The molecule has 0 unspecified atom stereocenters. The van der Waals surface area contributed by atoms with E-state index in [1.54, 1.807) is 6.20 Å². The average molecular weight is 500 g/mol. The predicted octanol–water partition coefficient (Wildman–Crippen LogP) is 5.03. The number of carbonyl (C=O) groups excluding carboxylic acids is 1. The number of benzene rings is 1. The smallest absolute Gasteiger partial charge is 0.305 e. The van der Waals surface area contributed by atoms with E-state index in [2.05, 4.69) is 31.1 Å². The summed E-state index contributed by atoms with van der Waals surface area (Å²) in [7, 11) is 1.40. The van der Waals surface area contributed by atoms with Crippen LogP contribution in [0.4, 0.5) is 0 Å². The minimum Gasteiger partial charge on any atom is -0.469 e. The maximum absolute atomic E-state index is 11.6. The summed E-state index contributed by atoms with van der Waals surface area (Å²) in [6.45, 7) is 0.600. The number of halogens is 1. The van der Waals surface area contributed by atoms with Gasteiger partial charge in [0, 0.05) is 29.2 Å². The molecular weight excluding hydrogens is 478 g/mol. The van der Waals surface area contributed by atoms with Crippen molar-refractivity contribution in [2.24, 2.45) is 0 Å². The normalized spacial score (nSPS) is 18.1. The van der Waals surface area contributed by atoms with Crippen molar-refractivity contribution < 1.29 is 13.9 Å². The summed E-state index contributed by atoms with van der Waals surface area (Å²) in [5.74, 6) is 1.35. The van der Waals surface area contributed by atoms with Gasteiger partial charge in [0.05, 0.1) is 18.8 Å². The third-order valence-electron chi connectivity index (χ3n) is 5.25. The van der Waals surface area contributed by atoms with Crippen molar-refractivity contribution in [3.8, 4) is 11.3 Å². The lowest BCUT2D eigenvalue weighted by molar-refractivity contribution is -0.140. The van der Waals surface area contributed by atoms with Gasteiger partial charge in [-0.15, -0.1) is 0 Å². The van der Waals surface area contributed by atoms with Gasteiger partial charge in [-0.1, -0.05) is 34.1 Å². The second-order valence-electron chi connectivity index (χ2n) is 7.21. The zero-order valence-electron chi connectivity index (χ0n) is 17.0. The Kier molecular flexibility index (Phi) is 6.67. The van der Waals surface area contributed by atoms with Gasteiger partial charge in [0.2, 0.25) is 0 Å². The summed E-state index contributed by atoms with van der Waals surface area (Å²) in [5, 5.41) is 4.01. The fourth-order valence-corrected chi connectivity index (χ4v) is 4.33. The zero-order valence-corrected chi connectivity index (χ0v) is 19.4. The van der Waals surface area contributed by atoms with E-state index in [4.69, 9.17) is 21.4 Å². The molecule has 6 nitrogen and oxygen atoms in total. The van der Waals surface area contributed by atoms with Crippen LogP contribution in [0.15, 0.2) is 69.7 Å². The SMILES string of the molecule is COC(=O)CCCN1C(=S)N[C@@H](c2ccccn2)[C@@H]1c1ccc(-c2ccc(Br)cc2)o1. The van der Waals surface area contributed by atoms with Crippen LogP contribution in [0.25, 0.3) is 11.3 Å². The first-order chi connectivity index (χ1) is 15.1. The summed E-state index contributed by atoms with van der Waals surface area (Å²) < 4.78 is 12.1. The molecule has 1 saturated heterocycles. The first-order valence-electron chi connectivity index (χ1n) is 9.97. The van der Waals surface area contributed by atoms with E-state index in [1.807, 2.05) is 54.6 Å². The van der Waals surface area contributed by atoms with Crippen molar-refractivity contribution in [2.75, 3.05) is 13.7 Å². The van der Waals surface area contributed by atoms with E-state index >= 15 is 0 Å². The highest BCUT2D eigenvalue weighted by Gasteiger charge is 2.41. The molecule has 1 aliphatic heterocycles. The molecule has 1 N–H and O–H groups in total. The van der Waals surface area contributed by atoms with Crippen molar-refractivity contribution in [3.05, 3.63) is 76.7 Å².